The molecule has 0 atom stereocenters. The molecule has 5 heteroatoms. The van der Waals surface area contributed by atoms with E-state index in [-0.39, 0.29) is 0 Å². The Morgan fingerprint density at radius 3 is 1.53 bits per heavy atom. The van der Waals surface area contributed by atoms with E-state index in [0.717, 1.165) is 106 Å². The van der Waals surface area contributed by atoms with Crippen LogP contribution in [0.15, 0.2) is 249 Å². The van der Waals surface area contributed by atoms with Crippen molar-refractivity contribution in [2.24, 2.45) is 0 Å². The fourth-order valence-corrected chi connectivity index (χ4v) is 10.0. The minimum absolute atomic E-state index is 0.665. The summed E-state index contributed by atoms with van der Waals surface area (Å²) in [5.41, 5.74) is 17.7. The Hall–Kier alpha value is -9.19. The van der Waals surface area contributed by atoms with E-state index in [4.69, 9.17) is 15.1 Å². The predicted octanol–water partition coefficient (Wildman–Crippen LogP) is 16.0. The minimum atomic E-state index is 0.665. The van der Waals surface area contributed by atoms with Crippen LogP contribution < -0.4 is 0 Å². The lowest BCUT2D eigenvalue weighted by Gasteiger charge is -2.15. The number of hydrogen-bond donors (Lipinski definition) is 0. The highest BCUT2D eigenvalue weighted by Gasteiger charge is 2.23. The highest BCUT2D eigenvalue weighted by Crippen LogP contribution is 2.43. The molecular weight excluding hydrogens is 827 g/mol. The van der Waals surface area contributed by atoms with Gasteiger partial charge in [0.2, 0.25) is 0 Å². The molecule has 0 aliphatic heterocycles. The number of nitrogens with zero attached hydrogens (tertiary/aromatic N) is 5. The molecule has 0 amide bonds. The van der Waals surface area contributed by atoms with Crippen molar-refractivity contribution in [2.75, 3.05) is 0 Å². The lowest BCUT2D eigenvalue weighted by atomic mass is 9.92. The summed E-state index contributed by atoms with van der Waals surface area (Å²) < 4.78 is 4.50. The molecule has 0 fully saturated rings. The van der Waals surface area contributed by atoms with Crippen LogP contribution in [0, 0.1) is 0 Å². The second-order valence-corrected chi connectivity index (χ2v) is 17.2. The van der Waals surface area contributed by atoms with Crippen LogP contribution in [0.2, 0.25) is 0 Å². The van der Waals surface area contributed by atoms with Gasteiger partial charge in [-0.2, -0.15) is 5.10 Å². The molecule has 0 spiro atoms. The average Bonchev–Trinajstić information content (AvgIpc) is 3.99. The zero-order valence-electron chi connectivity index (χ0n) is 36.9. The second-order valence-electron chi connectivity index (χ2n) is 17.2. The lowest BCUT2D eigenvalue weighted by Crippen LogP contribution is -1.98. The van der Waals surface area contributed by atoms with Gasteiger partial charge in [-0.1, -0.05) is 206 Å². The fraction of sp³-hybridized carbons (Fsp3) is 0. The smallest absolute Gasteiger partial charge is 0.160 e. The molecule has 68 heavy (non-hydrogen) atoms. The molecule has 13 rings (SSSR count). The van der Waals surface area contributed by atoms with E-state index in [1.807, 2.05) is 6.07 Å². The predicted molar refractivity (Wildman–Crippen MR) is 281 cm³/mol. The first-order valence-electron chi connectivity index (χ1n) is 23.0. The first kappa shape index (κ1) is 39.2. The van der Waals surface area contributed by atoms with Crippen molar-refractivity contribution in [1.29, 1.82) is 0 Å². The Labute approximate surface area is 393 Å². The summed E-state index contributed by atoms with van der Waals surface area (Å²) in [5, 5.41) is 10.2. The third-order valence-corrected chi connectivity index (χ3v) is 13.1. The molecule has 0 saturated carbocycles. The van der Waals surface area contributed by atoms with Gasteiger partial charge in [-0.15, -0.1) is 0 Å². The number of pyridine rings is 1. The fourth-order valence-electron chi connectivity index (χ4n) is 10.0. The molecular formula is C63H41N5. The zero-order chi connectivity index (χ0) is 45.0. The number of aromatic nitrogens is 5. The SMILES string of the molecule is c1ccc(-c2cc(-c3cccc(-c4cccc5c4cc(-c4ccccc4)n4nc(-c6ccccc6)c(-c6ccccc6)c54)c3)nc(-c3cccc(-n4c5ccccc5c5ccccc54)c3)n2)cc1. The largest absolute Gasteiger partial charge is 0.309 e. The van der Waals surface area contributed by atoms with E-state index in [9.17, 15) is 0 Å². The van der Waals surface area contributed by atoms with Crippen LogP contribution in [0.3, 0.4) is 0 Å². The normalized spacial score (nSPS) is 11.5. The Kier molecular flexibility index (Phi) is 9.43. The summed E-state index contributed by atoms with van der Waals surface area (Å²) in [5.74, 6) is 0.665. The van der Waals surface area contributed by atoms with Gasteiger partial charge >= 0.3 is 0 Å². The van der Waals surface area contributed by atoms with Gasteiger partial charge in [0.05, 0.1) is 33.6 Å². The molecule has 0 unspecified atom stereocenters. The van der Waals surface area contributed by atoms with Crippen molar-refractivity contribution in [3.05, 3.63) is 249 Å². The molecule has 318 valence electrons. The number of fused-ring (bicyclic) bond motifs is 6. The summed E-state index contributed by atoms with van der Waals surface area (Å²) in [6.45, 7) is 0. The van der Waals surface area contributed by atoms with E-state index >= 15 is 0 Å². The summed E-state index contributed by atoms with van der Waals surface area (Å²) in [7, 11) is 0. The zero-order valence-corrected chi connectivity index (χ0v) is 36.9. The van der Waals surface area contributed by atoms with Gasteiger partial charge < -0.3 is 4.57 Å². The molecule has 0 aliphatic carbocycles. The van der Waals surface area contributed by atoms with E-state index in [1.54, 1.807) is 0 Å². The Morgan fingerprint density at radius 2 is 0.838 bits per heavy atom. The van der Waals surface area contributed by atoms with E-state index < -0.39 is 0 Å². The monoisotopic (exact) mass is 867 g/mol. The molecule has 13 aromatic rings. The average molecular weight is 868 g/mol. The van der Waals surface area contributed by atoms with Crippen molar-refractivity contribution < 1.29 is 0 Å². The summed E-state index contributed by atoms with van der Waals surface area (Å²) in [4.78, 5) is 10.6. The molecule has 0 N–H and O–H groups in total. The molecule has 0 aliphatic rings. The molecule has 5 nitrogen and oxygen atoms in total. The third-order valence-electron chi connectivity index (χ3n) is 13.1. The van der Waals surface area contributed by atoms with Crippen LogP contribution >= 0.6 is 0 Å². The highest BCUT2D eigenvalue weighted by molar-refractivity contribution is 6.13. The summed E-state index contributed by atoms with van der Waals surface area (Å²) >= 11 is 0. The second kappa shape index (κ2) is 16.4. The van der Waals surface area contributed by atoms with Crippen LogP contribution in [-0.4, -0.2) is 24.1 Å². The molecule has 9 aromatic carbocycles. The Bertz CT molecular complexity index is 3950. The maximum absolute atomic E-state index is 5.46. The maximum atomic E-state index is 5.46. The lowest BCUT2D eigenvalue weighted by molar-refractivity contribution is 0.979. The van der Waals surface area contributed by atoms with Crippen LogP contribution in [0.4, 0.5) is 0 Å². The number of para-hydroxylation sites is 2. The third kappa shape index (κ3) is 6.68. The minimum Gasteiger partial charge on any atom is -0.309 e. The van der Waals surface area contributed by atoms with Crippen molar-refractivity contribution >= 4 is 38.1 Å². The van der Waals surface area contributed by atoms with Crippen molar-refractivity contribution in [3.63, 3.8) is 0 Å². The molecule has 4 aromatic heterocycles. The van der Waals surface area contributed by atoms with E-state index in [1.165, 1.54) is 10.8 Å². The first-order chi connectivity index (χ1) is 33.7. The Morgan fingerprint density at radius 1 is 0.324 bits per heavy atom. The summed E-state index contributed by atoms with van der Waals surface area (Å²) in [6, 6.07) is 88.0. The van der Waals surface area contributed by atoms with Crippen molar-refractivity contribution in [1.82, 2.24) is 24.1 Å². The number of rotatable bonds is 8. The Balaban J connectivity index is 1.00. The highest BCUT2D eigenvalue weighted by atomic mass is 15.2. The number of hydrogen-bond acceptors (Lipinski definition) is 3. The van der Waals surface area contributed by atoms with Crippen molar-refractivity contribution in [2.45, 2.75) is 0 Å². The van der Waals surface area contributed by atoms with Gasteiger partial charge in [-0.25, -0.2) is 14.5 Å². The van der Waals surface area contributed by atoms with Gasteiger partial charge in [-0.3, -0.25) is 0 Å². The quantitative estimate of drug-likeness (QED) is 0.153. The van der Waals surface area contributed by atoms with E-state index in [0.29, 0.717) is 5.82 Å². The number of benzene rings is 9. The van der Waals surface area contributed by atoms with Crippen molar-refractivity contribution in [3.8, 4) is 84.4 Å². The molecule has 4 heterocycles. The molecule has 0 saturated heterocycles. The van der Waals surface area contributed by atoms with Crippen LogP contribution in [0.5, 0.6) is 0 Å². The molecule has 0 bridgehead atoms. The van der Waals surface area contributed by atoms with Gasteiger partial charge in [0, 0.05) is 55.2 Å². The van der Waals surface area contributed by atoms with Gasteiger partial charge in [0.1, 0.15) is 5.69 Å². The topological polar surface area (TPSA) is 48.0 Å². The first-order valence-corrected chi connectivity index (χ1v) is 23.0. The van der Waals surface area contributed by atoms with Gasteiger partial charge in [-0.05, 0) is 64.5 Å². The van der Waals surface area contributed by atoms with Crippen LogP contribution in [-0.2, 0) is 0 Å². The standard InChI is InChI=1S/C63H41N5/c1-5-20-42(21-6-1)55-41-56(65-63(64-55)48-30-18-31-49(39-48)67-57-36-15-13-32-51(57)52-33-14-16-37-58(52)67)47-29-17-28-46(38-47)50-34-19-35-53-54(50)40-59(43-22-7-2-8-23-43)68-62(53)60(44-24-9-3-10-25-44)61(66-68)45-26-11-4-12-27-45/h1-41H. The van der Waals surface area contributed by atoms with Gasteiger partial charge in [0.15, 0.2) is 5.82 Å². The summed E-state index contributed by atoms with van der Waals surface area (Å²) in [6.07, 6.45) is 0. The van der Waals surface area contributed by atoms with Gasteiger partial charge in [0.25, 0.3) is 0 Å². The maximum Gasteiger partial charge on any atom is 0.160 e. The van der Waals surface area contributed by atoms with Crippen LogP contribution in [0.1, 0.15) is 0 Å². The molecule has 0 radical (unpaired) electrons. The van der Waals surface area contributed by atoms with Crippen LogP contribution in [0.25, 0.3) is 122 Å². The van der Waals surface area contributed by atoms with E-state index in [2.05, 4.69) is 252 Å².